The molecule has 0 fully saturated rings. The van der Waals surface area contributed by atoms with Crippen LogP contribution in [0.3, 0.4) is 0 Å². The van der Waals surface area contributed by atoms with Crippen LogP contribution in [0.15, 0.2) is 36.7 Å². The Morgan fingerprint density at radius 2 is 2.22 bits per heavy atom. The molecule has 96 valence electrons. The number of nitrogens with one attached hydrogen (secondary N) is 1. The third kappa shape index (κ3) is 3.24. The van der Waals surface area contributed by atoms with Crippen molar-refractivity contribution in [1.82, 2.24) is 15.1 Å². The van der Waals surface area contributed by atoms with Crippen molar-refractivity contribution in [2.24, 2.45) is 0 Å². The zero-order valence-corrected chi connectivity index (χ0v) is 10.3. The van der Waals surface area contributed by atoms with Crippen molar-refractivity contribution in [2.45, 2.75) is 13.0 Å². The van der Waals surface area contributed by atoms with E-state index in [2.05, 4.69) is 10.4 Å². The molecule has 0 saturated heterocycles. The van der Waals surface area contributed by atoms with Gasteiger partial charge in [-0.2, -0.15) is 5.10 Å². The number of benzene rings is 1. The van der Waals surface area contributed by atoms with Gasteiger partial charge in [0.1, 0.15) is 0 Å². The molecule has 0 bridgehead atoms. The van der Waals surface area contributed by atoms with Gasteiger partial charge in [0.15, 0.2) is 17.2 Å². The van der Waals surface area contributed by atoms with Gasteiger partial charge < -0.3 is 15.2 Å². The average molecular weight is 247 g/mol. The summed E-state index contributed by atoms with van der Waals surface area (Å²) in [5.41, 5.74) is 0. The molecule has 5 heteroatoms. The topological polar surface area (TPSA) is 59.3 Å². The summed E-state index contributed by atoms with van der Waals surface area (Å²) in [6.45, 7) is 1.79. The van der Waals surface area contributed by atoms with Crippen molar-refractivity contribution in [2.75, 3.05) is 13.6 Å². The Morgan fingerprint density at radius 3 is 3.00 bits per heavy atom. The molecule has 1 aromatic carbocycles. The lowest BCUT2D eigenvalue weighted by atomic mass is 10.3. The number of nitrogens with zero attached hydrogens (tertiary/aromatic N) is 2. The van der Waals surface area contributed by atoms with Crippen LogP contribution in [0.1, 0.15) is 6.42 Å². The van der Waals surface area contributed by atoms with Gasteiger partial charge in [0.2, 0.25) is 0 Å². The zero-order valence-electron chi connectivity index (χ0n) is 10.3. The summed E-state index contributed by atoms with van der Waals surface area (Å²) in [6, 6.07) is 6.87. The van der Waals surface area contributed by atoms with Crippen LogP contribution in [-0.2, 0) is 6.54 Å². The van der Waals surface area contributed by atoms with Gasteiger partial charge in [0.25, 0.3) is 0 Å². The second kappa shape index (κ2) is 6.07. The predicted octanol–water partition coefficient (Wildman–Crippen LogP) is 1.99. The monoisotopic (exact) mass is 247 g/mol. The summed E-state index contributed by atoms with van der Waals surface area (Å²) in [5, 5.41) is 16.9. The highest BCUT2D eigenvalue weighted by Gasteiger charge is 2.04. The lowest BCUT2D eigenvalue weighted by Gasteiger charge is -2.04. The molecule has 2 rings (SSSR count). The Kier molecular flexibility index (Phi) is 4.20. The standard InChI is InChI=1S/C13H17N3O2/c1-14-7-4-8-16-10-11(9-15-16)18-13-6-3-2-5-12(13)17/h2-3,5-6,9-10,14,17H,4,7-8H2,1H3. The molecule has 18 heavy (non-hydrogen) atoms. The van der Waals surface area contributed by atoms with Crippen molar-refractivity contribution in [3.63, 3.8) is 0 Å². The van der Waals surface area contributed by atoms with E-state index < -0.39 is 0 Å². The van der Waals surface area contributed by atoms with E-state index in [-0.39, 0.29) is 5.75 Å². The van der Waals surface area contributed by atoms with Crippen LogP contribution in [0.2, 0.25) is 0 Å². The lowest BCUT2D eigenvalue weighted by Crippen LogP contribution is -2.11. The van der Waals surface area contributed by atoms with Crippen molar-refractivity contribution >= 4 is 0 Å². The van der Waals surface area contributed by atoms with Crippen molar-refractivity contribution in [3.8, 4) is 17.2 Å². The molecule has 0 atom stereocenters. The Morgan fingerprint density at radius 1 is 1.39 bits per heavy atom. The summed E-state index contributed by atoms with van der Waals surface area (Å²) < 4.78 is 7.37. The summed E-state index contributed by atoms with van der Waals surface area (Å²) in [6.07, 6.45) is 4.47. The molecule has 0 spiro atoms. The second-order valence-electron chi connectivity index (χ2n) is 3.97. The minimum Gasteiger partial charge on any atom is -0.504 e. The third-order valence-electron chi connectivity index (χ3n) is 2.52. The van der Waals surface area contributed by atoms with Crippen LogP contribution >= 0.6 is 0 Å². The maximum Gasteiger partial charge on any atom is 0.169 e. The largest absolute Gasteiger partial charge is 0.504 e. The molecule has 2 N–H and O–H groups in total. The lowest BCUT2D eigenvalue weighted by molar-refractivity contribution is 0.410. The normalized spacial score (nSPS) is 10.5. The highest BCUT2D eigenvalue weighted by atomic mass is 16.5. The summed E-state index contributed by atoms with van der Waals surface area (Å²) in [4.78, 5) is 0. The number of aromatic nitrogens is 2. The first-order valence-corrected chi connectivity index (χ1v) is 5.92. The number of aromatic hydroxyl groups is 1. The first-order valence-electron chi connectivity index (χ1n) is 5.92. The minimum absolute atomic E-state index is 0.125. The van der Waals surface area contributed by atoms with Crippen LogP contribution in [0.5, 0.6) is 17.2 Å². The molecule has 5 nitrogen and oxygen atoms in total. The van der Waals surface area contributed by atoms with Gasteiger partial charge in [-0.05, 0) is 32.1 Å². The number of rotatable bonds is 6. The average Bonchev–Trinajstić information content (AvgIpc) is 2.80. The highest BCUT2D eigenvalue weighted by Crippen LogP contribution is 2.29. The molecule has 0 aliphatic carbocycles. The molecule has 0 radical (unpaired) electrons. The number of ether oxygens (including phenoxy) is 1. The van der Waals surface area contributed by atoms with Gasteiger partial charge in [-0.3, -0.25) is 4.68 Å². The molecule has 2 aromatic rings. The Hall–Kier alpha value is -2.01. The van der Waals surface area contributed by atoms with E-state index in [0.29, 0.717) is 11.5 Å². The first kappa shape index (κ1) is 12.4. The second-order valence-corrected chi connectivity index (χ2v) is 3.97. The van der Waals surface area contributed by atoms with Gasteiger partial charge >= 0.3 is 0 Å². The van der Waals surface area contributed by atoms with E-state index in [1.165, 1.54) is 0 Å². The van der Waals surface area contributed by atoms with E-state index in [1.807, 2.05) is 24.0 Å². The summed E-state index contributed by atoms with van der Waals surface area (Å²) >= 11 is 0. The fourth-order valence-corrected chi connectivity index (χ4v) is 1.61. The molecular weight excluding hydrogens is 230 g/mol. The van der Waals surface area contributed by atoms with Crippen LogP contribution < -0.4 is 10.1 Å². The molecular formula is C13H17N3O2. The van der Waals surface area contributed by atoms with Crippen LogP contribution in [0.25, 0.3) is 0 Å². The number of phenolic OH excluding ortho intramolecular Hbond substituents is 1. The number of para-hydroxylation sites is 2. The van der Waals surface area contributed by atoms with E-state index in [4.69, 9.17) is 4.74 Å². The maximum absolute atomic E-state index is 9.59. The maximum atomic E-state index is 9.59. The predicted molar refractivity (Wildman–Crippen MR) is 69.0 cm³/mol. The van der Waals surface area contributed by atoms with Gasteiger partial charge in [0, 0.05) is 6.54 Å². The van der Waals surface area contributed by atoms with Crippen LogP contribution in [-0.4, -0.2) is 28.5 Å². The molecule has 0 aliphatic rings. The molecule has 0 unspecified atom stereocenters. The SMILES string of the molecule is CNCCCn1cc(Oc2ccccc2O)cn1. The minimum atomic E-state index is 0.125. The van der Waals surface area contributed by atoms with Crippen LogP contribution in [0.4, 0.5) is 0 Å². The third-order valence-corrected chi connectivity index (χ3v) is 2.52. The van der Waals surface area contributed by atoms with Crippen molar-refractivity contribution in [1.29, 1.82) is 0 Å². The zero-order chi connectivity index (χ0) is 12.8. The summed E-state index contributed by atoms with van der Waals surface area (Å²) in [5.74, 6) is 1.19. The fraction of sp³-hybridized carbons (Fsp3) is 0.308. The van der Waals surface area contributed by atoms with Crippen molar-refractivity contribution in [3.05, 3.63) is 36.7 Å². The van der Waals surface area contributed by atoms with E-state index in [0.717, 1.165) is 19.5 Å². The van der Waals surface area contributed by atoms with E-state index in [1.54, 1.807) is 24.4 Å². The number of phenols is 1. The smallest absolute Gasteiger partial charge is 0.169 e. The molecule has 1 heterocycles. The number of aryl methyl sites for hydroxylation is 1. The van der Waals surface area contributed by atoms with Gasteiger partial charge in [0.05, 0.1) is 12.4 Å². The molecule has 0 saturated carbocycles. The quantitative estimate of drug-likeness (QED) is 0.766. The van der Waals surface area contributed by atoms with E-state index in [9.17, 15) is 5.11 Å². The van der Waals surface area contributed by atoms with Gasteiger partial charge in [-0.25, -0.2) is 0 Å². The Labute approximate surface area is 106 Å². The Balaban J connectivity index is 1.96. The number of hydrogen-bond acceptors (Lipinski definition) is 4. The summed E-state index contributed by atoms with van der Waals surface area (Å²) in [7, 11) is 1.93. The van der Waals surface area contributed by atoms with Crippen LogP contribution in [0, 0.1) is 0 Å². The molecule has 0 aliphatic heterocycles. The fourth-order valence-electron chi connectivity index (χ4n) is 1.61. The van der Waals surface area contributed by atoms with Gasteiger partial charge in [-0.15, -0.1) is 0 Å². The van der Waals surface area contributed by atoms with Crippen molar-refractivity contribution < 1.29 is 9.84 Å². The van der Waals surface area contributed by atoms with Gasteiger partial charge in [-0.1, -0.05) is 12.1 Å². The Bertz CT molecular complexity index is 496. The first-order chi connectivity index (χ1) is 8.79. The molecule has 0 amide bonds. The van der Waals surface area contributed by atoms with E-state index >= 15 is 0 Å². The molecule has 1 aromatic heterocycles. The number of hydrogen-bond donors (Lipinski definition) is 2. The highest BCUT2D eigenvalue weighted by molar-refractivity contribution is 5.40.